The molecule has 0 saturated carbocycles. The number of ether oxygens (including phenoxy) is 1. The standard InChI is InChI=1S/C12H19BrN2OS/c1-2-15-5-6-16-10(9-15)7-14-8-11-3-4-12(13)17-11/h3-4,10,14H,2,5-9H2,1H3. The molecular weight excluding hydrogens is 300 g/mol. The SMILES string of the molecule is CCN1CCOC(CNCc2ccc(Br)s2)C1. The Morgan fingerprint density at radius 3 is 3.18 bits per heavy atom. The van der Waals surface area contributed by atoms with Gasteiger partial charge in [-0.25, -0.2) is 0 Å². The third-order valence-electron chi connectivity index (χ3n) is 2.97. The number of likely N-dealkylation sites (N-methyl/N-ethyl adjacent to an activating group) is 1. The first-order valence-corrected chi connectivity index (χ1v) is 7.67. The molecule has 1 unspecified atom stereocenters. The zero-order chi connectivity index (χ0) is 12.1. The average Bonchev–Trinajstić information content (AvgIpc) is 2.75. The molecule has 0 aromatic carbocycles. The maximum Gasteiger partial charge on any atom is 0.0826 e. The summed E-state index contributed by atoms with van der Waals surface area (Å²) in [5, 5.41) is 3.47. The van der Waals surface area contributed by atoms with Crippen molar-refractivity contribution in [1.82, 2.24) is 10.2 Å². The molecule has 2 heterocycles. The normalized spacial score (nSPS) is 21.9. The number of nitrogens with zero attached hydrogens (tertiary/aromatic N) is 1. The number of hydrogen-bond acceptors (Lipinski definition) is 4. The second kappa shape index (κ2) is 6.85. The molecule has 1 aliphatic heterocycles. The van der Waals surface area contributed by atoms with Crippen molar-refractivity contribution in [3.63, 3.8) is 0 Å². The Morgan fingerprint density at radius 2 is 2.47 bits per heavy atom. The second-order valence-corrected chi connectivity index (χ2v) is 6.77. The van der Waals surface area contributed by atoms with Crippen molar-refractivity contribution in [2.24, 2.45) is 0 Å². The average molecular weight is 319 g/mol. The molecule has 1 N–H and O–H groups in total. The molecule has 1 aromatic heterocycles. The Bertz CT molecular complexity index is 345. The van der Waals surface area contributed by atoms with Crippen LogP contribution < -0.4 is 5.32 Å². The van der Waals surface area contributed by atoms with Crippen LogP contribution in [0.3, 0.4) is 0 Å². The van der Waals surface area contributed by atoms with Crippen molar-refractivity contribution in [2.75, 3.05) is 32.8 Å². The molecule has 0 bridgehead atoms. The highest BCUT2D eigenvalue weighted by Gasteiger charge is 2.18. The number of halogens is 1. The quantitative estimate of drug-likeness (QED) is 0.901. The third kappa shape index (κ3) is 4.34. The van der Waals surface area contributed by atoms with Crippen LogP contribution in [-0.4, -0.2) is 43.8 Å². The first-order chi connectivity index (χ1) is 8.28. The van der Waals surface area contributed by atoms with Gasteiger partial charge >= 0.3 is 0 Å². The molecule has 17 heavy (non-hydrogen) atoms. The fraction of sp³-hybridized carbons (Fsp3) is 0.667. The molecule has 5 heteroatoms. The monoisotopic (exact) mass is 318 g/mol. The summed E-state index contributed by atoms with van der Waals surface area (Å²) in [5.41, 5.74) is 0. The maximum absolute atomic E-state index is 5.74. The van der Waals surface area contributed by atoms with Crippen LogP contribution in [0.2, 0.25) is 0 Å². The fourth-order valence-electron chi connectivity index (χ4n) is 1.99. The lowest BCUT2D eigenvalue weighted by atomic mass is 10.2. The van der Waals surface area contributed by atoms with Gasteiger partial charge in [0, 0.05) is 31.1 Å². The van der Waals surface area contributed by atoms with Gasteiger partial charge in [0.2, 0.25) is 0 Å². The van der Waals surface area contributed by atoms with Crippen molar-refractivity contribution >= 4 is 27.3 Å². The lowest BCUT2D eigenvalue weighted by Crippen LogP contribution is -2.46. The van der Waals surface area contributed by atoms with E-state index in [4.69, 9.17) is 4.74 Å². The number of hydrogen-bond donors (Lipinski definition) is 1. The van der Waals surface area contributed by atoms with Crippen molar-refractivity contribution in [2.45, 2.75) is 19.6 Å². The number of nitrogens with one attached hydrogen (secondary N) is 1. The van der Waals surface area contributed by atoms with Crippen LogP contribution in [-0.2, 0) is 11.3 Å². The largest absolute Gasteiger partial charge is 0.374 e. The van der Waals surface area contributed by atoms with E-state index in [9.17, 15) is 0 Å². The Hall–Kier alpha value is 0.0600. The Labute approximate surface area is 115 Å². The lowest BCUT2D eigenvalue weighted by molar-refractivity contribution is -0.0253. The van der Waals surface area contributed by atoms with E-state index in [2.05, 4.69) is 45.2 Å². The van der Waals surface area contributed by atoms with Gasteiger partial charge in [-0.15, -0.1) is 11.3 Å². The smallest absolute Gasteiger partial charge is 0.0826 e. The van der Waals surface area contributed by atoms with Gasteiger partial charge in [-0.1, -0.05) is 6.92 Å². The van der Waals surface area contributed by atoms with Crippen molar-refractivity contribution in [3.8, 4) is 0 Å². The highest BCUT2D eigenvalue weighted by Crippen LogP contribution is 2.21. The summed E-state index contributed by atoms with van der Waals surface area (Å²) in [6, 6.07) is 4.25. The lowest BCUT2D eigenvalue weighted by Gasteiger charge is -2.32. The minimum atomic E-state index is 0.340. The van der Waals surface area contributed by atoms with Gasteiger partial charge in [-0.2, -0.15) is 0 Å². The van der Waals surface area contributed by atoms with Gasteiger partial charge in [-0.05, 0) is 34.6 Å². The second-order valence-electron chi connectivity index (χ2n) is 4.22. The van der Waals surface area contributed by atoms with E-state index < -0.39 is 0 Å². The molecular formula is C12H19BrN2OS. The predicted molar refractivity (Wildman–Crippen MR) is 75.6 cm³/mol. The van der Waals surface area contributed by atoms with E-state index in [-0.39, 0.29) is 0 Å². The molecule has 1 atom stereocenters. The van der Waals surface area contributed by atoms with Crippen molar-refractivity contribution in [1.29, 1.82) is 0 Å². The molecule has 1 aromatic rings. The van der Waals surface area contributed by atoms with Crippen LogP contribution >= 0.6 is 27.3 Å². The van der Waals surface area contributed by atoms with Crippen LogP contribution in [0.1, 0.15) is 11.8 Å². The molecule has 1 saturated heterocycles. The van der Waals surface area contributed by atoms with E-state index >= 15 is 0 Å². The summed E-state index contributed by atoms with van der Waals surface area (Å²) in [7, 11) is 0. The first-order valence-electron chi connectivity index (χ1n) is 6.07. The Morgan fingerprint density at radius 1 is 1.59 bits per heavy atom. The van der Waals surface area contributed by atoms with Gasteiger partial charge in [-0.3, -0.25) is 4.90 Å². The van der Waals surface area contributed by atoms with Crippen LogP contribution in [0.25, 0.3) is 0 Å². The summed E-state index contributed by atoms with van der Waals surface area (Å²) < 4.78 is 6.94. The van der Waals surface area contributed by atoms with Crippen molar-refractivity contribution < 1.29 is 4.74 Å². The minimum absolute atomic E-state index is 0.340. The van der Waals surface area contributed by atoms with E-state index in [0.29, 0.717) is 6.10 Å². The first kappa shape index (κ1) is 13.5. The number of thiophene rings is 1. The zero-order valence-electron chi connectivity index (χ0n) is 10.1. The molecule has 3 nitrogen and oxygen atoms in total. The summed E-state index contributed by atoms with van der Waals surface area (Å²) in [6.45, 7) is 8.19. The Kier molecular flexibility index (Phi) is 5.44. The van der Waals surface area contributed by atoms with E-state index in [0.717, 1.165) is 39.3 Å². The van der Waals surface area contributed by atoms with Crippen LogP contribution in [0.5, 0.6) is 0 Å². The third-order valence-corrected chi connectivity index (χ3v) is 4.59. The summed E-state index contributed by atoms with van der Waals surface area (Å²) >= 11 is 5.26. The van der Waals surface area contributed by atoms with E-state index in [1.807, 2.05) is 0 Å². The summed E-state index contributed by atoms with van der Waals surface area (Å²) in [6.07, 6.45) is 0.340. The van der Waals surface area contributed by atoms with Crippen LogP contribution in [0.4, 0.5) is 0 Å². The minimum Gasteiger partial charge on any atom is -0.374 e. The highest BCUT2D eigenvalue weighted by molar-refractivity contribution is 9.11. The topological polar surface area (TPSA) is 24.5 Å². The van der Waals surface area contributed by atoms with Gasteiger partial charge in [0.1, 0.15) is 0 Å². The molecule has 1 aliphatic rings. The number of morpholine rings is 1. The summed E-state index contributed by atoms with van der Waals surface area (Å²) in [4.78, 5) is 3.80. The van der Waals surface area contributed by atoms with Crippen LogP contribution in [0, 0.1) is 0 Å². The van der Waals surface area contributed by atoms with Gasteiger partial charge in [0.05, 0.1) is 16.5 Å². The van der Waals surface area contributed by atoms with E-state index in [1.165, 1.54) is 8.66 Å². The Balaban J connectivity index is 1.68. The fourth-order valence-corrected chi connectivity index (χ4v) is 3.45. The molecule has 0 spiro atoms. The van der Waals surface area contributed by atoms with Gasteiger partial charge in [0.15, 0.2) is 0 Å². The molecule has 0 aliphatic carbocycles. The van der Waals surface area contributed by atoms with Gasteiger partial charge < -0.3 is 10.1 Å². The van der Waals surface area contributed by atoms with E-state index in [1.54, 1.807) is 11.3 Å². The molecule has 0 radical (unpaired) electrons. The number of rotatable bonds is 5. The molecule has 0 amide bonds. The predicted octanol–water partition coefficient (Wildman–Crippen LogP) is 2.32. The summed E-state index contributed by atoms with van der Waals surface area (Å²) in [5.74, 6) is 0. The molecule has 96 valence electrons. The highest BCUT2D eigenvalue weighted by atomic mass is 79.9. The van der Waals surface area contributed by atoms with Crippen LogP contribution in [0.15, 0.2) is 15.9 Å². The van der Waals surface area contributed by atoms with Gasteiger partial charge in [0.25, 0.3) is 0 Å². The molecule has 1 fully saturated rings. The molecule has 2 rings (SSSR count). The van der Waals surface area contributed by atoms with Crippen molar-refractivity contribution in [3.05, 3.63) is 20.8 Å². The zero-order valence-corrected chi connectivity index (χ0v) is 12.5. The maximum atomic E-state index is 5.74.